The fourth-order valence-corrected chi connectivity index (χ4v) is 2.16. The number of hydrogen-bond acceptors (Lipinski definition) is 3. The molecule has 2 rings (SSSR count). The Labute approximate surface area is 126 Å². The van der Waals surface area contributed by atoms with Crippen LogP contribution in [0.15, 0.2) is 24.3 Å². The van der Waals surface area contributed by atoms with Gasteiger partial charge in [-0.2, -0.15) is 0 Å². The van der Waals surface area contributed by atoms with E-state index < -0.39 is 13.2 Å². The standard InChI is InChI=1S/C15H22BNO4/c1-14(2)15(3,4)21-16(20-14)12-8-6-7-11(9-12)10-17(5)13(18)19/h6-9H,10H2,1-5H3,(H,18,19). The molecule has 114 valence electrons. The van der Waals surface area contributed by atoms with Crippen molar-refractivity contribution in [2.24, 2.45) is 0 Å². The number of carboxylic acid groups (broad SMARTS) is 1. The first kappa shape index (κ1) is 15.9. The van der Waals surface area contributed by atoms with Gasteiger partial charge in [0.15, 0.2) is 0 Å². The molecule has 1 aliphatic heterocycles. The summed E-state index contributed by atoms with van der Waals surface area (Å²) in [5.41, 5.74) is 1.05. The van der Waals surface area contributed by atoms with E-state index >= 15 is 0 Å². The molecule has 0 spiro atoms. The van der Waals surface area contributed by atoms with Crippen molar-refractivity contribution in [3.8, 4) is 0 Å². The molecular weight excluding hydrogens is 269 g/mol. The normalized spacial score (nSPS) is 19.6. The zero-order valence-corrected chi connectivity index (χ0v) is 13.2. The Bertz CT molecular complexity index is 528. The van der Waals surface area contributed by atoms with E-state index in [0.717, 1.165) is 11.0 Å². The van der Waals surface area contributed by atoms with Crippen molar-refractivity contribution in [1.29, 1.82) is 0 Å². The second-order valence-corrected chi connectivity index (χ2v) is 6.47. The number of carbonyl (C=O) groups is 1. The average molecular weight is 291 g/mol. The lowest BCUT2D eigenvalue weighted by Gasteiger charge is -2.32. The van der Waals surface area contributed by atoms with Crippen molar-refractivity contribution in [2.75, 3.05) is 7.05 Å². The molecule has 21 heavy (non-hydrogen) atoms. The minimum Gasteiger partial charge on any atom is -0.465 e. The molecule has 0 saturated carbocycles. The van der Waals surface area contributed by atoms with Crippen molar-refractivity contribution in [2.45, 2.75) is 45.4 Å². The summed E-state index contributed by atoms with van der Waals surface area (Å²) in [5, 5.41) is 8.94. The summed E-state index contributed by atoms with van der Waals surface area (Å²) in [6.45, 7) is 8.37. The predicted octanol–water partition coefficient (Wildman–Crippen LogP) is 2.10. The SMILES string of the molecule is CN(Cc1cccc(B2OC(C)(C)C(C)(C)O2)c1)C(=O)O. The first-order valence-corrected chi connectivity index (χ1v) is 7.01. The molecule has 1 aliphatic rings. The lowest BCUT2D eigenvalue weighted by Crippen LogP contribution is -2.41. The van der Waals surface area contributed by atoms with E-state index in [2.05, 4.69) is 0 Å². The number of nitrogens with zero attached hydrogens (tertiary/aromatic N) is 1. The van der Waals surface area contributed by atoms with Crippen molar-refractivity contribution in [3.05, 3.63) is 29.8 Å². The number of rotatable bonds is 3. The molecule has 0 aliphatic carbocycles. The van der Waals surface area contributed by atoms with Crippen LogP contribution >= 0.6 is 0 Å². The minimum absolute atomic E-state index is 0.336. The first-order chi connectivity index (χ1) is 9.62. The molecule has 1 amide bonds. The highest BCUT2D eigenvalue weighted by atomic mass is 16.7. The number of benzene rings is 1. The molecule has 0 radical (unpaired) electrons. The number of hydrogen-bond donors (Lipinski definition) is 1. The molecule has 1 aromatic rings. The van der Waals surface area contributed by atoms with Crippen LogP contribution in [0.5, 0.6) is 0 Å². The predicted molar refractivity (Wildman–Crippen MR) is 81.6 cm³/mol. The smallest absolute Gasteiger partial charge is 0.465 e. The van der Waals surface area contributed by atoms with Crippen molar-refractivity contribution < 1.29 is 19.2 Å². The minimum atomic E-state index is -0.948. The highest BCUT2D eigenvalue weighted by Crippen LogP contribution is 2.36. The summed E-state index contributed by atoms with van der Waals surface area (Å²) < 4.78 is 12.0. The second-order valence-electron chi connectivity index (χ2n) is 6.47. The van der Waals surface area contributed by atoms with E-state index in [1.807, 2.05) is 52.0 Å². The largest absolute Gasteiger partial charge is 0.494 e. The van der Waals surface area contributed by atoms with Gasteiger partial charge in [-0.05, 0) is 38.7 Å². The Morgan fingerprint density at radius 3 is 2.33 bits per heavy atom. The molecule has 1 N–H and O–H groups in total. The van der Waals surface area contributed by atoms with E-state index in [1.54, 1.807) is 7.05 Å². The summed E-state index contributed by atoms with van der Waals surface area (Å²) in [4.78, 5) is 12.1. The topological polar surface area (TPSA) is 59.0 Å². The maximum atomic E-state index is 10.9. The maximum Gasteiger partial charge on any atom is 0.494 e. The van der Waals surface area contributed by atoms with Gasteiger partial charge in [-0.1, -0.05) is 24.3 Å². The molecule has 1 fully saturated rings. The molecule has 0 atom stereocenters. The third kappa shape index (κ3) is 3.22. The maximum absolute atomic E-state index is 10.9. The average Bonchev–Trinajstić information content (AvgIpc) is 2.58. The highest BCUT2D eigenvalue weighted by Gasteiger charge is 2.51. The van der Waals surface area contributed by atoms with Crippen LogP contribution in [0.2, 0.25) is 0 Å². The molecule has 1 heterocycles. The van der Waals surface area contributed by atoms with Gasteiger partial charge in [0.2, 0.25) is 0 Å². The van der Waals surface area contributed by atoms with Gasteiger partial charge in [-0.3, -0.25) is 0 Å². The summed E-state index contributed by atoms with van der Waals surface area (Å²) in [5.74, 6) is 0. The third-order valence-corrected chi connectivity index (χ3v) is 4.22. The summed E-state index contributed by atoms with van der Waals surface area (Å²) in [6.07, 6.45) is -0.948. The zero-order chi connectivity index (χ0) is 15.8. The molecule has 0 unspecified atom stereocenters. The van der Waals surface area contributed by atoms with Crippen LogP contribution in [-0.4, -0.2) is 41.5 Å². The Balaban J connectivity index is 2.17. The fourth-order valence-electron chi connectivity index (χ4n) is 2.16. The fraction of sp³-hybridized carbons (Fsp3) is 0.533. The molecule has 1 saturated heterocycles. The Morgan fingerprint density at radius 1 is 1.24 bits per heavy atom. The Morgan fingerprint density at radius 2 is 1.81 bits per heavy atom. The van der Waals surface area contributed by atoms with E-state index in [1.165, 1.54) is 4.90 Å². The summed E-state index contributed by atoms with van der Waals surface area (Å²) >= 11 is 0. The van der Waals surface area contributed by atoms with Crippen LogP contribution in [0.3, 0.4) is 0 Å². The van der Waals surface area contributed by atoms with E-state index in [4.69, 9.17) is 14.4 Å². The van der Waals surface area contributed by atoms with Gasteiger partial charge >= 0.3 is 13.2 Å². The van der Waals surface area contributed by atoms with Gasteiger partial charge in [0.05, 0.1) is 11.2 Å². The zero-order valence-electron chi connectivity index (χ0n) is 13.2. The van der Waals surface area contributed by atoms with E-state index in [-0.39, 0.29) is 11.2 Å². The van der Waals surface area contributed by atoms with Gasteiger partial charge in [-0.25, -0.2) is 4.79 Å². The van der Waals surface area contributed by atoms with Gasteiger partial charge < -0.3 is 19.3 Å². The molecule has 6 heteroatoms. The van der Waals surface area contributed by atoms with Crippen LogP contribution in [0.25, 0.3) is 0 Å². The van der Waals surface area contributed by atoms with Gasteiger partial charge in [0, 0.05) is 13.6 Å². The van der Waals surface area contributed by atoms with Crippen molar-refractivity contribution in [3.63, 3.8) is 0 Å². The monoisotopic (exact) mass is 291 g/mol. The Hall–Kier alpha value is -1.53. The van der Waals surface area contributed by atoms with E-state index in [0.29, 0.717) is 6.54 Å². The lowest BCUT2D eigenvalue weighted by atomic mass is 9.78. The van der Waals surface area contributed by atoms with Crippen molar-refractivity contribution >= 4 is 18.7 Å². The van der Waals surface area contributed by atoms with Crippen LogP contribution in [0, 0.1) is 0 Å². The van der Waals surface area contributed by atoms with Crippen LogP contribution in [0.4, 0.5) is 4.79 Å². The number of amides is 1. The van der Waals surface area contributed by atoms with Crippen molar-refractivity contribution in [1.82, 2.24) is 4.90 Å². The third-order valence-electron chi connectivity index (χ3n) is 4.22. The molecule has 1 aromatic carbocycles. The summed E-state index contributed by atoms with van der Waals surface area (Å²) in [6, 6.07) is 7.66. The molecular formula is C15H22BNO4. The first-order valence-electron chi connectivity index (χ1n) is 7.01. The van der Waals surface area contributed by atoms with Gasteiger partial charge in [0.25, 0.3) is 0 Å². The Kier molecular flexibility index (Phi) is 4.04. The molecule has 5 nitrogen and oxygen atoms in total. The second kappa shape index (κ2) is 5.35. The quantitative estimate of drug-likeness (QED) is 0.866. The van der Waals surface area contributed by atoms with Crippen LogP contribution in [0.1, 0.15) is 33.3 Å². The summed E-state index contributed by atoms with van der Waals surface area (Å²) in [7, 11) is 1.12. The van der Waals surface area contributed by atoms with Crippen LogP contribution in [-0.2, 0) is 15.9 Å². The van der Waals surface area contributed by atoms with Gasteiger partial charge in [-0.15, -0.1) is 0 Å². The van der Waals surface area contributed by atoms with Gasteiger partial charge in [0.1, 0.15) is 0 Å². The lowest BCUT2D eigenvalue weighted by molar-refractivity contribution is 0.00578. The highest BCUT2D eigenvalue weighted by molar-refractivity contribution is 6.62. The molecule has 0 bridgehead atoms. The molecule has 0 aromatic heterocycles. The van der Waals surface area contributed by atoms with Crippen LogP contribution < -0.4 is 5.46 Å². The van der Waals surface area contributed by atoms with E-state index in [9.17, 15) is 4.79 Å².